The van der Waals surface area contributed by atoms with Crippen LogP contribution in [-0.4, -0.2) is 31.9 Å². The number of carbonyl (C=O) groups excluding carboxylic acids is 1. The molecule has 2 rings (SSSR count). The summed E-state index contributed by atoms with van der Waals surface area (Å²) in [6, 6.07) is 15.0. The molecule has 0 radical (unpaired) electrons. The summed E-state index contributed by atoms with van der Waals surface area (Å²) < 4.78 is 5.71. The van der Waals surface area contributed by atoms with Gasteiger partial charge in [0.25, 0.3) is 0 Å². The maximum Gasteiger partial charge on any atom is 0.345 e. The Morgan fingerprint density at radius 3 is 2.62 bits per heavy atom. The molecule has 6 heteroatoms. The van der Waals surface area contributed by atoms with Gasteiger partial charge >= 0.3 is 6.03 Å². The lowest BCUT2D eigenvalue weighted by atomic mass is 10.1. The highest BCUT2D eigenvalue weighted by Crippen LogP contribution is 2.28. The number of nitrogens with one attached hydrogen (secondary N) is 1. The molecule has 0 atom stereocenters. The Balaban J connectivity index is 1.82. The molecule has 2 aromatic carbocycles. The number of nitrogens with zero attached hydrogens (tertiary/aromatic N) is 1. The van der Waals surface area contributed by atoms with E-state index < -0.39 is 0 Å². The normalized spacial score (nSPS) is 10.3. The minimum absolute atomic E-state index is 0.384. The predicted octanol–water partition coefficient (Wildman–Crippen LogP) is 4.38. The van der Waals surface area contributed by atoms with Crippen molar-refractivity contribution >= 4 is 23.3 Å². The standard InChI is InChI=1S/C18H21ClN2O3/c1-21(23-2)18(22)20-15-10-11-17(16(19)13-15)24-12-6-9-14-7-4-3-5-8-14/h3-5,7-8,10-11,13H,6,9,12H2,1-2H3,(H,20,22). The summed E-state index contributed by atoms with van der Waals surface area (Å²) in [5.41, 5.74) is 1.86. The summed E-state index contributed by atoms with van der Waals surface area (Å²) in [5.74, 6) is 0.600. The number of anilines is 1. The molecule has 0 bridgehead atoms. The van der Waals surface area contributed by atoms with Crippen molar-refractivity contribution in [2.45, 2.75) is 12.8 Å². The monoisotopic (exact) mass is 348 g/mol. The number of hydrogen-bond acceptors (Lipinski definition) is 3. The fraction of sp³-hybridized carbons (Fsp3) is 0.278. The average molecular weight is 349 g/mol. The lowest BCUT2D eigenvalue weighted by Crippen LogP contribution is -2.30. The van der Waals surface area contributed by atoms with Crippen LogP contribution in [0.4, 0.5) is 10.5 Å². The van der Waals surface area contributed by atoms with Crippen molar-refractivity contribution < 1.29 is 14.4 Å². The molecule has 0 aliphatic rings. The molecule has 0 aliphatic heterocycles. The van der Waals surface area contributed by atoms with Gasteiger partial charge < -0.3 is 10.1 Å². The van der Waals surface area contributed by atoms with Crippen molar-refractivity contribution in [3.8, 4) is 5.75 Å². The molecule has 128 valence electrons. The van der Waals surface area contributed by atoms with Crippen LogP contribution in [0.15, 0.2) is 48.5 Å². The Kier molecular flexibility index (Phi) is 6.90. The van der Waals surface area contributed by atoms with E-state index in [1.54, 1.807) is 18.2 Å². The summed E-state index contributed by atoms with van der Waals surface area (Å²) in [5, 5.41) is 4.21. The van der Waals surface area contributed by atoms with E-state index in [0.717, 1.165) is 17.9 Å². The smallest absolute Gasteiger partial charge is 0.345 e. The molecule has 2 aromatic rings. The third-order valence-corrected chi connectivity index (χ3v) is 3.75. The van der Waals surface area contributed by atoms with Crippen LogP contribution in [0.2, 0.25) is 5.02 Å². The van der Waals surface area contributed by atoms with E-state index in [0.29, 0.717) is 23.1 Å². The summed E-state index contributed by atoms with van der Waals surface area (Å²) in [6.07, 6.45) is 1.85. The van der Waals surface area contributed by atoms with Gasteiger partial charge in [0.2, 0.25) is 0 Å². The average Bonchev–Trinajstić information content (AvgIpc) is 2.60. The Hall–Kier alpha value is -2.24. The van der Waals surface area contributed by atoms with Gasteiger partial charge in [0.05, 0.1) is 18.7 Å². The fourth-order valence-electron chi connectivity index (χ4n) is 2.08. The van der Waals surface area contributed by atoms with Crippen molar-refractivity contribution in [2.75, 3.05) is 26.1 Å². The highest BCUT2D eigenvalue weighted by molar-refractivity contribution is 6.32. The number of halogens is 1. The number of amides is 2. The van der Waals surface area contributed by atoms with E-state index in [1.165, 1.54) is 19.7 Å². The number of hydrogen-bond donors (Lipinski definition) is 1. The lowest BCUT2D eigenvalue weighted by Gasteiger charge is -2.15. The number of rotatable bonds is 7. The van der Waals surface area contributed by atoms with Crippen LogP contribution in [0.1, 0.15) is 12.0 Å². The third-order valence-electron chi connectivity index (χ3n) is 3.45. The van der Waals surface area contributed by atoms with Crippen molar-refractivity contribution in [3.05, 3.63) is 59.1 Å². The van der Waals surface area contributed by atoms with Crippen LogP contribution in [0, 0.1) is 0 Å². The Morgan fingerprint density at radius 1 is 1.21 bits per heavy atom. The molecule has 0 heterocycles. The fourth-order valence-corrected chi connectivity index (χ4v) is 2.32. The molecule has 24 heavy (non-hydrogen) atoms. The second kappa shape index (κ2) is 9.15. The first-order valence-corrected chi connectivity index (χ1v) is 8.03. The van der Waals surface area contributed by atoms with E-state index in [9.17, 15) is 4.79 Å². The number of urea groups is 1. The minimum atomic E-state index is -0.384. The van der Waals surface area contributed by atoms with Gasteiger partial charge in [0.15, 0.2) is 0 Å². The number of hydroxylamine groups is 2. The molecule has 0 saturated heterocycles. The highest BCUT2D eigenvalue weighted by atomic mass is 35.5. The molecule has 1 N–H and O–H groups in total. The molecule has 0 fully saturated rings. The number of carbonyl (C=O) groups is 1. The van der Waals surface area contributed by atoms with E-state index in [1.807, 2.05) is 18.2 Å². The summed E-state index contributed by atoms with van der Waals surface area (Å²) in [6.45, 7) is 0.576. The van der Waals surface area contributed by atoms with E-state index >= 15 is 0 Å². The van der Waals surface area contributed by atoms with Crippen molar-refractivity contribution in [1.82, 2.24) is 5.06 Å². The maximum atomic E-state index is 11.7. The molecule has 0 aromatic heterocycles. The first kappa shape index (κ1) is 18.1. The first-order valence-electron chi connectivity index (χ1n) is 7.65. The Labute approximate surface area is 147 Å². The van der Waals surface area contributed by atoms with Gasteiger partial charge in [-0.15, -0.1) is 0 Å². The van der Waals surface area contributed by atoms with Crippen molar-refractivity contribution in [2.24, 2.45) is 0 Å². The third kappa shape index (κ3) is 5.44. The second-order valence-corrected chi connectivity index (χ2v) is 5.60. The molecule has 0 aliphatic carbocycles. The molecule has 2 amide bonds. The van der Waals surface area contributed by atoms with Gasteiger partial charge in [-0.3, -0.25) is 4.84 Å². The van der Waals surface area contributed by atoms with Gasteiger partial charge in [0, 0.05) is 12.7 Å². The zero-order chi connectivity index (χ0) is 17.4. The summed E-state index contributed by atoms with van der Waals surface area (Å²) in [4.78, 5) is 16.5. The molecule has 5 nitrogen and oxygen atoms in total. The molecule has 0 unspecified atom stereocenters. The maximum absolute atomic E-state index is 11.7. The van der Waals surface area contributed by atoms with Gasteiger partial charge in [-0.1, -0.05) is 41.9 Å². The zero-order valence-electron chi connectivity index (χ0n) is 13.8. The van der Waals surface area contributed by atoms with Crippen LogP contribution in [0.5, 0.6) is 5.75 Å². The van der Waals surface area contributed by atoms with Gasteiger partial charge in [0.1, 0.15) is 5.75 Å². The van der Waals surface area contributed by atoms with Crippen LogP contribution in [-0.2, 0) is 11.3 Å². The van der Waals surface area contributed by atoms with Crippen molar-refractivity contribution in [3.63, 3.8) is 0 Å². The quantitative estimate of drug-likeness (QED) is 0.597. The second-order valence-electron chi connectivity index (χ2n) is 5.19. The van der Waals surface area contributed by atoms with Crippen molar-refractivity contribution in [1.29, 1.82) is 0 Å². The summed E-state index contributed by atoms with van der Waals surface area (Å²) in [7, 11) is 2.93. The van der Waals surface area contributed by atoms with Crippen LogP contribution in [0.3, 0.4) is 0 Å². The SMILES string of the molecule is CON(C)C(=O)Nc1ccc(OCCCc2ccccc2)c(Cl)c1. The van der Waals surface area contributed by atoms with E-state index in [4.69, 9.17) is 21.2 Å². The zero-order valence-corrected chi connectivity index (χ0v) is 14.5. The van der Waals surface area contributed by atoms with Gasteiger partial charge in [-0.2, -0.15) is 0 Å². The summed E-state index contributed by atoms with van der Waals surface area (Å²) >= 11 is 6.20. The first-order chi connectivity index (χ1) is 11.6. The Morgan fingerprint density at radius 2 is 1.96 bits per heavy atom. The van der Waals surface area contributed by atoms with Crippen LogP contribution in [0.25, 0.3) is 0 Å². The van der Waals surface area contributed by atoms with E-state index in [-0.39, 0.29) is 6.03 Å². The topological polar surface area (TPSA) is 50.8 Å². The number of ether oxygens (including phenoxy) is 1. The lowest BCUT2D eigenvalue weighted by molar-refractivity contribution is -0.0598. The van der Waals surface area contributed by atoms with Crippen LogP contribution < -0.4 is 10.1 Å². The van der Waals surface area contributed by atoms with E-state index in [2.05, 4.69) is 17.4 Å². The number of aryl methyl sites for hydroxylation is 1. The van der Waals surface area contributed by atoms with Crippen LogP contribution >= 0.6 is 11.6 Å². The molecule has 0 spiro atoms. The highest BCUT2D eigenvalue weighted by Gasteiger charge is 2.09. The van der Waals surface area contributed by atoms with Gasteiger partial charge in [-0.25, -0.2) is 9.86 Å². The predicted molar refractivity (Wildman–Crippen MR) is 95.5 cm³/mol. The number of benzene rings is 2. The molecular formula is C18H21ClN2O3. The minimum Gasteiger partial charge on any atom is -0.492 e. The van der Waals surface area contributed by atoms with Gasteiger partial charge in [-0.05, 0) is 36.6 Å². The molecule has 0 saturated carbocycles. The largest absolute Gasteiger partial charge is 0.492 e. The Bertz CT molecular complexity index is 665. The molecular weight excluding hydrogens is 328 g/mol.